The molecule has 0 aliphatic heterocycles. The lowest BCUT2D eigenvalue weighted by Crippen LogP contribution is -2.32. The molecule has 3 N–H and O–H groups in total. The fourth-order valence-corrected chi connectivity index (χ4v) is 2.63. The molecule has 28 heavy (non-hydrogen) atoms. The second-order valence-electron chi connectivity index (χ2n) is 6.10. The van der Waals surface area contributed by atoms with E-state index in [9.17, 15) is 9.90 Å². The van der Waals surface area contributed by atoms with Crippen molar-refractivity contribution in [3.63, 3.8) is 0 Å². The molecule has 2 amide bonds. The van der Waals surface area contributed by atoms with Gasteiger partial charge >= 0.3 is 6.03 Å². The highest BCUT2D eigenvalue weighted by molar-refractivity contribution is 6.30. The van der Waals surface area contributed by atoms with Gasteiger partial charge in [0.2, 0.25) is 0 Å². The first kappa shape index (κ1) is 19.5. The summed E-state index contributed by atoms with van der Waals surface area (Å²) in [6.45, 7) is 0.0843. The lowest BCUT2D eigenvalue weighted by atomic mass is 10.1. The maximum atomic E-state index is 12.1. The average Bonchev–Trinajstić information content (AvgIpc) is 2.72. The van der Waals surface area contributed by atoms with Crippen molar-refractivity contribution >= 4 is 23.3 Å². The molecule has 0 aromatic heterocycles. The van der Waals surface area contributed by atoms with E-state index in [4.69, 9.17) is 11.6 Å². The molecule has 5 heteroatoms. The predicted octanol–water partition coefficient (Wildman–Crippen LogP) is 4.59. The van der Waals surface area contributed by atoms with Crippen molar-refractivity contribution in [2.75, 3.05) is 11.9 Å². The highest BCUT2D eigenvalue weighted by Gasteiger charge is 2.09. The molecule has 0 saturated carbocycles. The van der Waals surface area contributed by atoms with Crippen molar-refractivity contribution in [3.05, 3.63) is 101 Å². The zero-order valence-corrected chi connectivity index (χ0v) is 15.8. The Bertz CT molecular complexity index is 992. The smallest absolute Gasteiger partial charge is 0.319 e. The van der Waals surface area contributed by atoms with Gasteiger partial charge in [-0.05, 0) is 48.0 Å². The third kappa shape index (κ3) is 5.88. The minimum atomic E-state index is -0.814. The second kappa shape index (κ2) is 9.61. The van der Waals surface area contributed by atoms with Gasteiger partial charge in [0.1, 0.15) is 0 Å². The van der Waals surface area contributed by atoms with E-state index in [1.807, 2.05) is 42.5 Å². The fourth-order valence-electron chi connectivity index (χ4n) is 2.51. The van der Waals surface area contributed by atoms with Crippen LogP contribution in [0.2, 0.25) is 5.02 Å². The van der Waals surface area contributed by atoms with Crippen LogP contribution in [0, 0.1) is 11.8 Å². The van der Waals surface area contributed by atoms with E-state index >= 15 is 0 Å². The number of aliphatic hydroxyl groups is 1. The minimum absolute atomic E-state index is 0.0843. The monoisotopic (exact) mass is 390 g/mol. The number of carbonyl (C=O) groups is 1. The van der Waals surface area contributed by atoms with E-state index in [1.165, 1.54) is 0 Å². The number of halogens is 1. The Morgan fingerprint density at radius 3 is 2.36 bits per heavy atom. The van der Waals surface area contributed by atoms with Crippen molar-refractivity contribution in [3.8, 4) is 11.8 Å². The fraction of sp³-hybridized carbons (Fsp3) is 0.0870. The Morgan fingerprint density at radius 2 is 1.61 bits per heavy atom. The first-order valence-electron chi connectivity index (χ1n) is 8.76. The van der Waals surface area contributed by atoms with E-state index in [-0.39, 0.29) is 6.54 Å². The van der Waals surface area contributed by atoms with Crippen LogP contribution >= 0.6 is 11.6 Å². The molecule has 0 bridgehead atoms. The molecule has 140 valence electrons. The van der Waals surface area contributed by atoms with Gasteiger partial charge < -0.3 is 15.7 Å². The molecule has 4 nitrogen and oxygen atoms in total. The topological polar surface area (TPSA) is 61.4 Å². The van der Waals surface area contributed by atoms with Crippen molar-refractivity contribution in [2.24, 2.45) is 0 Å². The summed E-state index contributed by atoms with van der Waals surface area (Å²) in [6.07, 6.45) is -0.814. The molecule has 0 aliphatic carbocycles. The summed E-state index contributed by atoms with van der Waals surface area (Å²) in [5.74, 6) is 6.16. The Morgan fingerprint density at radius 1 is 0.929 bits per heavy atom. The summed E-state index contributed by atoms with van der Waals surface area (Å²) in [5.41, 5.74) is 3.03. The normalized spacial score (nSPS) is 11.1. The van der Waals surface area contributed by atoms with Gasteiger partial charge in [0.15, 0.2) is 0 Å². The number of hydrogen-bond donors (Lipinski definition) is 3. The average molecular weight is 391 g/mol. The molecule has 0 saturated heterocycles. The van der Waals surface area contributed by atoms with Gasteiger partial charge in [0.05, 0.1) is 6.10 Å². The van der Waals surface area contributed by atoms with Crippen LogP contribution in [-0.2, 0) is 0 Å². The van der Waals surface area contributed by atoms with Gasteiger partial charge in [-0.3, -0.25) is 0 Å². The Balaban J connectivity index is 1.55. The van der Waals surface area contributed by atoms with Crippen LogP contribution in [0.1, 0.15) is 22.8 Å². The van der Waals surface area contributed by atoms with Gasteiger partial charge in [-0.15, -0.1) is 0 Å². The summed E-state index contributed by atoms with van der Waals surface area (Å²) >= 11 is 5.83. The molecule has 0 radical (unpaired) electrons. The Labute approximate surface area is 169 Å². The summed E-state index contributed by atoms with van der Waals surface area (Å²) in [6, 6.07) is 23.4. The molecule has 3 aromatic carbocycles. The zero-order valence-electron chi connectivity index (χ0n) is 15.0. The van der Waals surface area contributed by atoms with Crippen LogP contribution in [0.4, 0.5) is 10.5 Å². The first-order chi connectivity index (χ1) is 13.6. The molecule has 1 unspecified atom stereocenters. The number of hydrogen-bond acceptors (Lipinski definition) is 2. The molecule has 0 fully saturated rings. The molecule has 0 spiro atoms. The van der Waals surface area contributed by atoms with E-state index < -0.39 is 12.1 Å². The van der Waals surface area contributed by atoms with Gasteiger partial charge in [-0.2, -0.15) is 0 Å². The number of anilines is 1. The van der Waals surface area contributed by atoms with Crippen LogP contribution in [0.25, 0.3) is 0 Å². The Hall–Kier alpha value is -3.26. The third-order valence-corrected chi connectivity index (χ3v) is 4.21. The number of nitrogens with one attached hydrogen (secondary N) is 2. The first-order valence-corrected chi connectivity index (χ1v) is 9.13. The molecule has 3 rings (SSSR count). The maximum Gasteiger partial charge on any atom is 0.319 e. The lowest BCUT2D eigenvalue weighted by molar-refractivity contribution is 0.175. The highest BCUT2D eigenvalue weighted by Crippen LogP contribution is 2.16. The quantitative estimate of drug-likeness (QED) is 0.570. The molecule has 0 heterocycles. The molecule has 1 atom stereocenters. The van der Waals surface area contributed by atoms with Crippen LogP contribution < -0.4 is 10.6 Å². The number of urea groups is 1. The van der Waals surface area contributed by atoms with E-state index in [0.29, 0.717) is 16.3 Å². The van der Waals surface area contributed by atoms with Gasteiger partial charge in [0, 0.05) is 28.4 Å². The van der Waals surface area contributed by atoms with Crippen LogP contribution in [0.15, 0.2) is 78.9 Å². The summed E-state index contributed by atoms with van der Waals surface area (Å²) in [4.78, 5) is 12.1. The summed E-state index contributed by atoms with van der Waals surface area (Å²) in [5, 5.41) is 16.1. The molecule has 3 aromatic rings. The van der Waals surface area contributed by atoms with Gasteiger partial charge in [-0.25, -0.2) is 4.79 Å². The van der Waals surface area contributed by atoms with E-state index in [1.54, 1.807) is 36.4 Å². The standard InChI is InChI=1S/C23H19ClN2O2/c24-20-13-11-19(12-14-20)22(27)16-25-23(28)26-21-8-4-7-18(15-21)10-9-17-5-2-1-3-6-17/h1-8,11-15,22,27H,16H2,(H2,25,26,28). The van der Waals surface area contributed by atoms with Gasteiger partial charge in [0.25, 0.3) is 0 Å². The van der Waals surface area contributed by atoms with Crippen molar-refractivity contribution in [1.29, 1.82) is 0 Å². The largest absolute Gasteiger partial charge is 0.387 e. The number of aliphatic hydroxyl groups excluding tert-OH is 1. The third-order valence-electron chi connectivity index (χ3n) is 3.96. The van der Waals surface area contributed by atoms with Crippen molar-refractivity contribution < 1.29 is 9.90 Å². The molecule has 0 aliphatic rings. The number of amides is 2. The molecular formula is C23H19ClN2O2. The number of benzene rings is 3. The lowest BCUT2D eigenvalue weighted by Gasteiger charge is -2.13. The zero-order chi connectivity index (χ0) is 19.8. The van der Waals surface area contributed by atoms with Crippen molar-refractivity contribution in [2.45, 2.75) is 6.10 Å². The highest BCUT2D eigenvalue weighted by atomic mass is 35.5. The Kier molecular flexibility index (Phi) is 6.69. The van der Waals surface area contributed by atoms with Gasteiger partial charge in [-0.1, -0.05) is 59.8 Å². The SMILES string of the molecule is O=C(NCC(O)c1ccc(Cl)cc1)Nc1cccc(C#Cc2ccccc2)c1. The number of rotatable bonds is 4. The minimum Gasteiger partial charge on any atom is -0.387 e. The second-order valence-corrected chi connectivity index (χ2v) is 6.54. The van der Waals surface area contributed by atoms with E-state index in [0.717, 1.165) is 11.1 Å². The number of carbonyl (C=O) groups excluding carboxylic acids is 1. The van der Waals surface area contributed by atoms with Crippen LogP contribution in [0.3, 0.4) is 0 Å². The maximum absolute atomic E-state index is 12.1. The van der Waals surface area contributed by atoms with Crippen molar-refractivity contribution in [1.82, 2.24) is 5.32 Å². The van der Waals surface area contributed by atoms with Crippen LogP contribution in [0.5, 0.6) is 0 Å². The van der Waals surface area contributed by atoms with Crippen LogP contribution in [-0.4, -0.2) is 17.7 Å². The molecular weight excluding hydrogens is 372 g/mol. The summed E-state index contributed by atoms with van der Waals surface area (Å²) in [7, 11) is 0. The van der Waals surface area contributed by atoms with E-state index in [2.05, 4.69) is 22.5 Å². The summed E-state index contributed by atoms with van der Waals surface area (Å²) < 4.78 is 0. The predicted molar refractivity (Wildman–Crippen MR) is 112 cm³/mol.